The van der Waals surface area contributed by atoms with Crippen LogP contribution < -0.4 is 5.32 Å². The number of aromatic nitrogens is 2. The molecule has 0 aliphatic carbocycles. The van der Waals surface area contributed by atoms with E-state index in [4.69, 9.17) is 9.72 Å². The average molecular weight is 363 g/mol. The quantitative estimate of drug-likeness (QED) is 0.788. The monoisotopic (exact) mass is 363 g/mol. The van der Waals surface area contributed by atoms with Crippen LogP contribution in [0.5, 0.6) is 0 Å². The number of methoxy groups -OCH3 is 1. The van der Waals surface area contributed by atoms with Crippen molar-refractivity contribution in [1.82, 2.24) is 9.97 Å². The Labute approximate surface area is 123 Å². The highest BCUT2D eigenvalue weighted by molar-refractivity contribution is 14.1. The molecule has 18 heavy (non-hydrogen) atoms. The van der Waals surface area contributed by atoms with Gasteiger partial charge in [-0.05, 0) is 41.9 Å². The maximum absolute atomic E-state index is 5.71. The molecule has 0 radical (unpaired) electrons. The minimum Gasteiger partial charge on any atom is -0.372 e. The van der Waals surface area contributed by atoms with Crippen LogP contribution >= 0.6 is 22.6 Å². The van der Waals surface area contributed by atoms with E-state index in [1.54, 1.807) is 7.11 Å². The summed E-state index contributed by atoms with van der Waals surface area (Å²) in [6, 6.07) is 0. The molecular formula is C13H22IN3O. The Morgan fingerprint density at radius 2 is 1.83 bits per heavy atom. The first-order valence-electron chi connectivity index (χ1n) is 6.38. The van der Waals surface area contributed by atoms with Gasteiger partial charge in [-0.3, -0.25) is 0 Å². The second kappa shape index (κ2) is 6.65. The number of anilines is 1. The highest BCUT2D eigenvalue weighted by Crippen LogP contribution is 2.32. The van der Waals surface area contributed by atoms with Crippen molar-refractivity contribution in [2.45, 2.75) is 45.6 Å². The van der Waals surface area contributed by atoms with Crippen molar-refractivity contribution in [2.24, 2.45) is 0 Å². The van der Waals surface area contributed by atoms with Crippen LogP contribution in [0.4, 0.5) is 5.82 Å². The smallest absolute Gasteiger partial charge is 0.162 e. The van der Waals surface area contributed by atoms with Gasteiger partial charge in [0, 0.05) is 14.2 Å². The predicted molar refractivity (Wildman–Crippen MR) is 82.9 cm³/mol. The van der Waals surface area contributed by atoms with Gasteiger partial charge in [-0.25, -0.2) is 9.97 Å². The third-order valence-corrected chi connectivity index (χ3v) is 4.57. The Hall–Kier alpha value is -0.430. The Balaban J connectivity index is 3.40. The average Bonchev–Trinajstić information content (AvgIpc) is 2.42. The van der Waals surface area contributed by atoms with E-state index < -0.39 is 0 Å². The summed E-state index contributed by atoms with van der Waals surface area (Å²) in [7, 11) is 3.62. The Morgan fingerprint density at radius 3 is 2.22 bits per heavy atom. The summed E-state index contributed by atoms with van der Waals surface area (Å²) < 4.78 is 6.80. The molecule has 0 aliphatic rings. The number of nitrogens with one attached hydrogen (secondary N) is 1. The largest absolute Gasteiger partial charge is 0.372 e. The number of ether oxygens (including phenoxy) is 1. The van der Waals surface area contributed by atoms with Crippen molar-refractivity contribution in [3.8, 4) is 0 Å². The zero-order chi connectivity index (χ0) is 13.8. The van der Waals surface area contributed by atoms with Crippen molar-refractivity contribution in [2.75, 3.05) is 19.5 Å². The molecule has 0 bridgehead atoms. The molecular weight excluding hydrogens is 341 g/mol. The number of nitrogens with zero attached hydrogens (tertiary/aromatic N) is 2. The van der Waals surface area contributed by atoms with E-state index in [2.05, 4.69) is 53.7 Å². The first-order chi connectivity index (χ1) is 8.58. The molecule has 0 fully saturated rings. The van der Waals surface area contributed by atoms with Crippen molar-refractivity contribution >= 4 is 28.4 Å². The maximum atomic E-state index is 5.71. The van der Waals surface area contributed by atoms with Gasteiger partial charge in [0.2, 0.25) is 0 Å². The lowest BCUT2D eigenvalue weighted by molar-refractivity contribution is -0.0292. The molecule has 1 rings (SSSR count). The molecule has 0 saturated heterocycles. The number of halogens is 1. The van der Waals surface area contributed by atoms with Crippen LogP contribution in [0.25, 0.3) is 0 Å². The molecule has 1 N–H and O–H groups in total. The molecule has 1 heterocycles. The molecule has 0 amide bonds. The summed E-state index contributed by atoms with van der Waals surface area (Å²) >= 11 is 2.29. The van der Waals surface area contributed by atoms with Crippen LogP contribution in [0.3, 0.4) is 0 Å². The van der Waals surface area contributed by atoms with Crippen LogP contribution in [0.15, 0.2) is 0 Å². The van der Waals surface area contributed by atoms with E-state index in [-0.39, 0.29) is 5.60 Å². The number of hydrogen-bond donors (Lipinski definition) is 1. The van der Waals surface area contributed by atoms with Crippen LogP contribution in [0, 0.1) is 3.57 Å². The molecule has 0 aliphatic heterocycles. The fourth-order valence-electron chi connectivity index (χ4n) is 2.04. The topological polar surface area (TPSA) is 47.0 Å². The first-order valence-corrected chi connectivity index (χ1v) is 7.46. The van der Waals surface area contributed by atoms with E-state index in [1.165, 1.54) is 0 Å². The lowest BCUT2D eigenvalue weighted by Crippen LogP contribution is -2.30. The van der Waals surface area contributed by atoms with Crippen molar-refractivity contribution in [3.63, 3.8) is 0 Å². The Bertz CT molecular complexity index is 372. The second-order valence-electron chi connectivity index (χ2n) is 4.17. The zero-order valence-electron chi connectivity index (χ0n) is 11.8. The van der Waals surface area contributed by atoms with E-state index in [0.717, 1.165) is 40.2 Å². The Morgan fingerprint density at radius 1 is 1.22 bits per heavy atom. The van der Waals surface area contributed by atoms with Gasteiger partial charge in [0.25, 0.3) is 0 Å². The number of aryl methyl sites for hydroxylation is 1. The summed E-state index contributed by atoms with van der Waals surface area (Å²) in [5.41, 5.74) is 0.702. The van der Waals surface area contributed by atoms with E-state index in [1.807, 2.05) is 7.05 Å². The standard InChI is InChI=1S/C13H22IN3O/c1-6-9-10(14)11(15-4)17-12(16-9)13(7-2,8-3)18-5/h6-8H2,1-5H3,(H,15,16,17). The van der Waals surface area contributed by atoms with Gasteiger partial charge in [0.1, 0.15) is 11.4 Å². The SMILES string of the molecule is CCc1nc(C(CC)(CC)OC)nc(NC)c1I. The van der Waals surface area contributed by atoms with Gasteiger partial charge in [0.05, 0.1) is 9.26 Å². The highest BCUT2D eigenvalue weighted by atomic mass is 127. The third-order valence-electron chi connectivity index (χ3n) is 3.43. The fraction of sp³-hybridized carbons (Fsp3) is 0.692. The van der Waals surface area contributed by atoms with Crippen LogP contribution in [0.2, 0.25) is 0 Å². The van der Waals surface area contributed by atoms with Crippen molar-refractivity contribution in [1.29, 1.82) is 0 Å². The predicted octanol–water partition coefficient (Wildman–Crippen LogP) is 3.35. The first kappa shape index (κ1) is 15.6. The molecule has 0 spiro atoms. The molecule has 4 nitrogen and oxygen atoms in total. The van der Waals surface area contributed by atoms with Gasteiger partial charge in [0.15, 0.2) is 5.82 Å². The number of rotatable bonds is 6. The molecule has 1 aromatic heterocycles. The lowest BCUT2D eigenvalue weighted by Gasteiger charge is -2.29. The van der Waals surface area contributed by atoms with Gasteiger partial charge in [-0.2, -0.15) is 0 Å². The van der Waals surface area contributed by atoms with E-state index in [0.29, 0.717) is 0 Å². The molecule has 0 aromatic carbocycles. The fourth-order valence-corrected chi connectivity index (χ4v) is 2.94. The molecule has 102 valence electrons. The lowest BCUT2D eigenvalue weighted by atomic mass is 9.96. The van der Waals surface area contributed by atoms with Crippen LogP contribution in [-0.2, 0) is 16.8 Å². The van der Waals surface area contributed by atoms with Crippen LogP contribution in [0.1, 0.15) is 45.1 Å². The normalized spacial score (nSPS) is 11.7. The van der Waals surface area contributed by atoms with Crippen molar-refractivity contribution < 1.29 is 4.74 Å². The molecule has 0 saturated carbocycles. The molecule has 0 atom stereocenters. The van der Waals surface area contributed by atoms with Gasteiger partial charge in [-0.15, -0.1) is 0 Å². The summed E-state index contributed by atoms with van der Waals surface area (Å²) in [6.07, 6.45) is 2.63. The molecule has 5 heteroatoms. The summed E-state index contributed by atoms with van der Waals surface area (Å²) in [6.45, 7) is 6.33. The number of hydrogen-bond acceptors (Lipinski definition) is 4. The Kier molecular flexibility index (Phi) is 5.78. The summed E-state index contributed by atoms with van der Waals surface area (Å²) in [4.78, 5) is 9.33. The molecule has 1 aromatic rings. The zero-order valence-corrected chi connectivity index (χ0v) is 14.0. The second-order valence-corrected chi connectivity index (χ2v) is 5.24. The highest BCUT2D eigenvalue weighted by Gasteiger charge is 2.32. The maximum Gasteiger partial charge on any atom is 0.162 e. The van der Waals surface area contributed by atoms with E-state index >= 15 is 0 Å². The van der Waals surface area contributed by atoms with E-state index in [9.17, 15) is 0 Å². The summed E-state index contributed by atoms with van der Waals surface area (Å²) in [5.74, 6) is 1.68. The van der Waals surface area contributed by atoms with Crippen LogP contribution in [-0.4, -0.2) is 24.1 Å². The summed E-state index contributed by atoms with van der Waals surface area (Å²) in [5, 5.41) is 3.14. The van der Waals surface area contributed by atoms with Gasteiger partial charge >= 0.3 is 0 Å². The minimum atomic E-state index is -0.375. The minimum absolute atomic E-state index is 0.375. The third kappa shape index (κ3) is 2.77. The van der Waals surface area contributed by atoms with Gasteiger partial charge in [-0.1, -0.05) is 20.8 Å². The van der Waals surface area contributed by atoms with Crippen molar-refractivity contribution in [3.05, 3.63) is 15.1 Å². The molecule has 0 unspecified atom stereocenters. The van der Waals surface area contributed by atoms with Gasteiger partial charge < -0.3 is 10.1 Å².